The molecule has 0 fully saturated rings. The number of methoxy groups -OCH3 is 1. The first-order valence-corrected chi connectivity index (χ1v) is 5.43. The van der Waals surface area contributed by atoms with E-state index >= 15 is 0 Å². The van der Waals surface area contributed by atoms with Crippen molar-refractivity contribution in [2.75, 3.05) is 19.0 Å². The van der Waals surface area contributed by atoms with Gasteiger partial charge in [0.05, 0.1) is 18.2 Å². The predicted octanol–water partition coefficient (Wildman–Crippen LogP) is 2.31. The maximum absolute atomic E-state index is 13.3. The van der Waals surface area contributed by atoms with Crippen molar-refractivity contribution in [3.8, 4) is 6.07 Å². The van der Waals surface area contributed by atoms with Crippen LogP contribution in [0.4, 0.5) is 10.1 Å². The molecule has 0 bridgehead atoms. The van der Waals surface area contributed by atoms with Crippen LogP contribution in [0.15, 0.2) is 18.2 Å². The monoisotopic (exact) mass is 250 g/mol. The van der Waals surface area contributed by atoms with E-state index in [1.165, 1.54) is 19.2 Å². The highest BCUT2D eigenvalue weighted by atomic mass is 19.1. The second-order valence-electron chi connectivity index (χ2n) is 4.50. The molecule has 0 aliphatic rings. The lowest BCUT2D eigenvalue weighted by Crippen LogP contribution is -2.33. The molecular weight excluding hydrogens is 235 g/mol. The highest BCUT2D eigenvalue weighted by Gasteiger charge is 2.28. The summed E-state index contributed by atoms with van der Waals surface area (Å²) in [5, 5.41) is 11.8. The molecule has 0 saturated heterocycles. The van der Waals surface area contributed by atoms with Gasteiger partial charge in [0.25, 0.3) is 0 Å². The third kappa shape index (κ3) is 2.98. The number of benzene rings is 1. The molecule has 0 saturated carbocycles. The van der Waals surface area contributed by atoms with E-state index in [-0.39, 0.29) is 18.1 Å². The van der Waals surface area contributed by atoms with Crippen LogP contribution >= 0.6 is 0 Å². The lowest BCUT2D eigenvalue weighted by molar-refractivity contribution is -0.149. The summed E-state index contributed by atoms with van der Waals surface area (Å²) in [6.45, 7) is 3.66. The quantitative estimate of drug-likeness (QED) is 0.833. The van der Waals surface area contributed by atoms with E-state index in [4.69, 9.17) is 5.26 Å². The van der Waals surface area contributed by atoms with Crippen LogP contribution in [-0.2, 0) is 9.53 Å². The number of nitriles is 1. The molecule has 0 aliphatic heterocycles. The third-order valence-corrected chi connectivity index (χ3v) is 2.58. The van der Waals surface area contributed by atoms with Gasteiger partial charge >= 0.3 is 5.97 Å². The Hall–Kier alpha value is -2.09. The smallest absolute Gasteiger partial charge is 0.313 e. The van der Waals surface area contributed by atoms with Crippen molar-refractivity contribution < 1.29 is 13.9 Å². The van der Waals surface area contributed by atoms with Crippen LogP contribution in [0.2, 0.25) is 0 Å². The molecule has 0 spiro atoms. The molecule has 0 radical (unpaired) electrons. The summed E-state index contributed by atoms with van der Waals surface area (Å²) in [7, 11) is 1.31. The molecule has 0 heterocycles. The van der Waals surface area contributed by atoms with Crippen molar-refractivity contribution in [2.24, 2.45) is 5.41 Å². The zero-order valence-corrected chi connectivity index (χ0v) is 10.6. The van der Waals surface area contributed by atoms with Gasteiger partial charge in [0.1, 0.15) is 17.4 Å². The first-order chi connectivity index (χ1) is 8.42. The Morgan fingerprint density at radius 2 is 2.22 bits per heavy atom. The van der Waals surface area contributed by atoms with Crippen LogP contribution in [-0.4, -0.2) is 19.6 Å². The number of hydrogen-bond donors (Lipinski definition) is 1. The molecule has 5 heteroatoms. The Kier molecular flexibility index (Phi) is 4.27. The van der Waals surface area contributed by atoms with Crippen molar-refractivity contribution >= 4 is 11.7 Å². The fourth-order valence-corrected chi connectivity index (χ4v) is 1.45. The van der Waals surface area contributed by atoms with Gasteiger partial charge < -0.3 is 10.1 Å². The molecule has 0 atom stereocenters. The molecule has 0 unspecified atom stereocenters. The SMILES string of the molecule is COC(=O)C(C)(C)CNc1cccc(F)c1C#N. The van der Waals surface area contributed by atoms with Gasteiger partial charge in [0.15, 0.2) is 0 Å². The summed E-state index contributed by atoms with van der Waals surface area (Å²) in [5.74, 6) is -0.955. The van der Waals surface area contributed by atoms with E-state index in [1.54, 1.807) is 26.0 Å². The standard InChI is InChI=1S/C13H15FN2O2/c1-13(2,12(17)18-3)8-16-11-6-4-5-10(14)9(11)7-15/h4-6,16H,8H2,1-3H3. The zero-order chi connectivity index (χ0) is 13.8. The number of hydrogen-bond acceptors (Lipinski definition) is 4. The van der Waals surface area contributed by atoms with E-state index < -0.39 is 11.2 Å². The van der Waals surface area contributed by atoms with Gasteiger partial charge in [-0.1, -0.05) is 6.07 Å². The van der Waals surface area contributed by atoms with Crippen molar-refractivity contribution in [3.05, 3.63) is 29.6 Å². The van der Waals surface area contributed by atoms with Gasteiger partial charge in [-0.3, -0.25) is 4.79 Å². The predicted molar refractivity (Wildman–Crippen MR) is 65.4 cm³/mol. The van der Waals surface area contributed by atoms with Crippen LogP contribution < -0.4 is 5.32 Å². The number of carbonyl (C=O) groups excluding carboxylic acids is 1. The lowest BCUT2D eigenvalue weighted by atomic mass is 9.93. The highest BCUT2D eigenvalue weighted by Crippen LogP contribution is 2.22. The number of halogens is 1. The molecule has 4 nitrogen and oxygen atoms in total. The van der Waals surface area contributed by atoms with E-state index in [0.29, 0.717) is 5.69 Å². The topological polar surface area (TPSA) is 62.1 Å². The Labute approximate surface area is 105 Å². The molecule has 0 amide bonds. The first kappa shape index (κ1) is 14.0. The van der Waals surface area contributed by atoms with Crippen LogP contribution in [0.5, 0.6) is 0 Å². The Morgan fingerprint density at radius 1 is 1.56 bits per heavy atom. The van der Waals surface area contributed by atoms with E-state index in [0.717, 1.165) is 0 Å². The van der Waals surface area contributed by atoms with Crippen molar-refractivity contribution in [2.45, 2.75) is 13.8 Å². The number of carbonyl (C=O) groups is 1. The highest BCUT2D eigenvalue weighted by molar-refractivity contribution is 5.76. The van der Waals surface area contributed by atoms with Crippen LogP contribution in [0.3, 0.4) is 0 Å². The maximum atomic E-state index is 13.3. The molecule has 18 heavy (non-hydrogen) atoms. The summed E-state index contributed by atoms with van der Waals surface area (Å²) in [6.07, 6.45) is 0. The van der Waals surface area contributed by atoms with Crippen LogP contribution in [0, 0.1) is 22.6 Å². The second-order valence-corrected chi connectivity index (χ2v) is 4.50. The number of rotatable bonds is 4. The number of esters is 1. The van der Waals surface area contributed by atoms with Crippen molar-refractivity contribution in [1.82, 2.24) is 0 Å². The summed E-state index contributed by atoms with van der Waals surface area (Å²) in [6, 6.07) is 6.10. The van der Waals surface area contributed by atoms with Gasteiger partial charge in [-0.15, -0.1) is 0 Å². The van der Waals surface area contributed by atoms with Crippen LogP contribution in [0.1, 0.15) is 19.4 Å². The van der Waals surface area contributed by atoms with Gasteiger partial charge in [-0.2, -0.15) is 5.26 Å². The molecule has 1 aromatic rings. The van der Waals surface area contributed by atoms with Gasteiger partial charge in [0, 0.05) is 6.54 Å². The van der Waals surface area contributed by atoms with Gasteiger partial charge in [-0.05, 0) is 26.0 Å². The minimum Gasteiger partial charge on any atom is -0.469 e. The molecule has 96 valence electrons. The normalized spacial score (nSPS) is 10.6. The zero-order valence-electron chi connectivity index (χ0n) is 10.6. The minimum atomic E-state index is -0.756. The molecule has 1 rings (SSSR count). The molecule has 1 N–H and O–H groups in total. The number of anilines is 1. The summed E-state index contributed by atoms with van der Waals surface area (Å²) >= 11 is 0. The molecular formula is C13H15FN2O2. The first-order valence-electron chi connectivity index (χ1n) is 5.43. The van der Waals surface area contributed by atoms with Crippen LogP contribution in [0.25, 0.3) is 0 Å². The number of ether oxygens (including phenoxy) is 1. The van der Waals surface area contributed by atoms with Gasteiger partial charge in [0.2, 0.25) is 0 Å². The fraction of sp³-hybridized carbons (Fsp3) is 0.385. The second kappa shape index (κ2) is 5.50. The molecule has 0 aliphatic carbocycles. The number of nitrogens with zero attached hydrogens (tertiary/aromatic N) is 1. The Balaban J connectivity index is 2.85. The summed E-state index contributed by atoms with van der Waals surface area (Å²) in [4.78, 5) is 11.5. The van der Waals surface area contributed by atoms with Gasteiger partial charge in [-0.25, -0.2) is 4.39 Å². The summed E-state index contributed by atoms with van der Waals surface area (Å²) in [5.41, 5.74) is -0.444. The third-order valence-electron chi connectivity index (χ3n) is 2.58. The Bertz CT molecular complexity index is 492. The lowest BCUT2D eigenvalue weighted by Gasteiger charge is -2.22. The maximum Gasteiger partial charge on any atom is 0.313 e. The van der Waals surface area contributed by atoms with E-state index in [2.05, 4.69) is 10.1 Å². The van der Waals surface area contributed by atoms with Crippen molar-refractivity contribution in [1.29, 1.82) is 5.26 Å². The fourth-order valence-electron chi connectivity index (χ4n) is 1.45. The molecule has 0 aromatic heterocycles. The summed E-state index contributed by atoms with van der Waals surface area (Å²) < 4.78 is 18.0. The average Bonchev–Trinajstić information content (AvgIpc) is 2.35. The molecule has 1 aromatic carbocycles. The Morgan fingerprint density at radius 3 is 2.78 bits per heavy atom. The minimum absolute atomic E-state index is 0.0573. The largest absolute Gasteiger partial charge is 0.469 e. The van der Waals surface area contributed by atoms with Crippen molar-refractivity contribution in [3.63, 3.8) is 0 Å². The number of nitrogens with one attached hydrogen (secondary N) is 1. The average molecular weight is 250 g/mol. The van der Waals surface area contributed by atoms with E-state index in [9.17, 15) is 9.18 Å². The van der Waals surface area contributed by atoms with E-state index in [1.807, 2.05) is 0 Å².